The third-order valence-corrected chi connectivity index (χ3v) is 3.40. The molecule has 0 fully saturated rings. The van der Waals surface area contributed by atoms with Gasteiger partial charge in [-0.2, -0.15) is 5.10 Å². The SMILES string of the molecule is CCn1nc(C)cc1C(=O)Nc1ccc(C(=O)NC)cc1C. The number of nitrogens with zero attached hydrogens (tertiary/aromatic N) is 2. The highest BCUT2D eigenvalue weighted by Crippen LogP contribution is 2.18. The predicted molar refractivity (Wildman–Crippen MR) is 85.2 cm³/mol. The fourth-order valence-corrected chi connectivity index (χ4v) is 2.25. The molecule has 0 aliphatic heterocycles. The monoisotopic (exact) mass is 300 g/mol. The van der Waals surface area contributed by atoms with Crippen molar-refractivity contribution in [2.75, 3.05) is 12.4 Å². The van der Waals surface area contributed by atoms with Crippen LogP contribution in [0.15, 0.2) is 24.3 Å². The zero-order valence-electron chi connectivity index (χ0n) is 13.2. The Morgan fingerprint density at radius 2 is 1.91 bits per heavy atom. The predicted octanol–water partition coefficient (Wildman–Crippen LogP) is 2.13. The van der Waals surface area contributed by atoms with Gasteiger partial charge in [0.05, 0.1) is 5.69 Å². The molecule has 2 aromatic rings. The van der Waals surface area contributed by atoms with Crippen molar-refractivity contribution < 1.29 is 9.59 Å². The van der Waals surface area contributed by atoms with Crippen LogP contribution >= 0.6 is 0 Å². The molecule has 2 rings (SSSR count). The first-order chi connectivity index (χ1) is 10.5. The molecule has 0 bridgehead atoms. The summed E-state index contributed by atoms with van der Waals surface area (Å²) in [6, 6.07) is 6.92. The Hall–Kier alpha value is -2.63. The summed E-state index contributed by atoms with van der Waals surface area (Å²) in [5.41, 5.74) is 3.40. The van der Waals surface area contributed by atoms with Gasteiger partial charge in [0.1, 0.15) is 5.69 Å². The second-order valence-corrected chi connectivity index (χ2v) is 5.05. The molecule has 6 heteroatoms. The Balaban J connectivity index is 2.23. The van der Waals surface area contributed by atoms with Crippen molar-refractivity contribution in [2.24, 2.45) is 0 Å². The Labute approximate surface area is 129 Å². The van der Waals surface area contributed by atoms with E-state index < -0.39 is 0 Å². The summed E-state index contributed by atoms with van der Waals surface area (Å²) in [4.78, 5) is 24.0. The van der Waals surface area contributed by atoms with Gasteiger partial charge in [-0.15, -0.1) is 0 Å². The van der Waals surface area contributed by atoms with Crippen molar-refractivity contribution in [2.45, 2.75) is 27.3 Å². The van der Waals surface area contributed by atoms with Crippen molar-refractivity contribution in [3.05, 3.63) is 46.8 Å². The van der Waals surface area contributed by atoms with Crippen LogP contribution in [0.1, 0.15) is 39.0 Å². The lowest BCUT2D eigenvalue weighted by Gasteiger charge is -2.10. The van der Waals surface area contributed by atoms with Gasteiger partial charge in [-0.05, 0) is 50.6 Å². The topological polar surface area (TPSA) is 76.0 Å². The minimum atomic E-state index is -0.210. The minimum Gasteiger partial charge on any atom is -0.355 e. The lowest BCUT2D eigenvalue weighted by molar-refractivity contribution is 0.0962. The maximum absolute atomic E-state index is 12.4. The number of carbonyl (C=O) groups excluding carboxylic acids is 2. The molecular weight excluding hydrogens is 280 g/mol. The summed E-state index contributed by atoms with van der Waals surface area (Å²) in [5, 5.41) is 9.71. The van der Waals surface area contributed by atoms with Crippen LogP contribution in [0.5, 0.6) is 0 Å². The highest BCUT2D eigenvalue weighted by atomic mass is 16.2. The van der Waals surface area contributed by atoms with E-state index in [1.807, 2.05) is 20.8 Å². The maximum Gasteiger partial charge on any atom is 0.273 e. The third kappa shape index (κ3) is 3.16. The number of aromatic nitrogens is 2. The van der Waals surface area contributed by atoms with E-state index >= 15 is 0 Å². The molecule has 1 aromatic carbocycles. The lowest BCUT2D eigenvalue weighted by Crippen LogP contribution is -2.19. The van der Waals surface area contributed by atoms with Crippen LogP contribution in [0.3, 0.4) is 0 Å². The van der Waals surface area contributed by atoms with Gasteiger partial charge in [-0.1, -0.05) is 0 Å². The highest BCUT2D eigenvalue weighted by Gasteiger charge is 2.14. The quantitative estimate of drug-likeness (QED) is 0.908. The van der Waals surface area contributed by atoms with E-state index in [0.29, 0.717) is 23.5 Å². The van der Waals surface area contributed by atoms with Crippen molar-refractivity contribution in [1.82, 2.24) is 15.1 Å². The highest BCUT2D eigenvalue weighted by molar-refractivity contribution is 6.04. The number of amides is 2. The average molecular weight is 300 g/mol. The van der Waals surface area contributed by atoms with E-state index in [4.69, 9.17) is 0 Å². The van der Waals surface area contributed by atoms with Crippen LogP contribution in [-0.4, -0.2) is 28.6 Å². The van der Waals surface area contributed by atoms with Crippen LogP contribution in [0.25, 0.3) is 0 Å². The van der Waals surface area contributed by atoms with Crippen LogP contribution in [-0.2, 0) is 6.54 Å². The van der Waals surface area contributed by atoms with Gasteiger partial charge >= 0.3 is 0 Å². The van der Waals surface area contributed by atoms with Gasteiger partial charge in [0.15, 0.2) is 0 Å². The lowest BCUT2D eigenvalue weighted by atomic mass is 10.1. The molecule has 6 nitrogen and oxygen atoms in total. The van der Waals surface area contributed by atoms with Gasteiger partial charge in [0.25, 0.3) is 11.8 Å². The maximum atomic E-state index is 12.4. The van der Waals surface area contributed by atoms with E-state index in [1.165, 1.54) is 0 Å². The number of hydrogen-bond donors (Lipinski definition) is 2. The first kappa shape index (κ1) is 15.8. The molecule has 0 aliphatic carbocycles. The number of benzene rings is 1. The number of anilines is 1. The first-order valence-electron chi connectivity index (χ1n) is 7.14. The van der Waals surface area contributed by atoms with Crippen LogP contribution < -0.4 is 10.6 Å². The van der Waals surface area contributed by atoms with E-state index in [0.717, 1.165) is 11.3 Å². The van der Waals surface area contributed by atoms with E-state index in [2.05, 4.69) is 15.7 Å². The van der Waals surface area contributed by atoms with Crippen molar-refractivity contribution in [3.8, 4) is 0 Å². The number of aryl methyl sites for hydroxylation is 3. The Bertz CT molecular complexity index is 719. The summed E-state index contributed by atoms with van der Waals surface area (Å²) in [6.07, 6.45) is 0. The number of hydrogen-bond acceptors (Lipinski definition) is 3. The average Bonchev–Trinajstić information content (AvgIpc) is 2.89. The second-order valence-electron chi connectivity index (χ2n) is 5.05. The second kappa shape index (κ2) is 6.43. The molecule has 0 saturated carbocycles. The van der Waals surface area contributed by atoms with Crippen molar-refractivity contribution >= 4 is 17.5 Å². The molecule has 0 saturated heterocycles. The third-order valence-electron chi connectivity index (χ3n) is 3.40. The Morgan fingerprint density at radius 1 is 1.18 bits per heavy atom. The summed E-state index contributed by atoms with van der Waals surface area (Å²) >= 11 is 0. The van der Waals surface area contributed by atoms with Gasteiger partial charge in [0.2, 0.25) is 0 Å². The fourth-order valence-electron chi connectivity index (χ4n) is 2.25. The molecule has 2 N–H and O–H groups in total. The number of rotatable bonds is 4. The molecule has 1 heterocycles. The standard InChI is InChI=1S/C16H20N4O2/c1-5-20-14(9-11(3)19-20)16(22)18-13-7-6-12(8-10(13)2)15(21)17-4/h6-9H,5H2,1-4H3,(H,17,21)(H,18,22). The molecule has 22 heavy (non-hydrogen) atoms. The number of nitrogens with one attached hydrogen (secondary N) is 2. The normalized spacial score (nSPS) is 10.4. The summed E-state index contributed by atoms with van der Waals surface area (Å²) in [7, 11) is 1.58. The smallest absolute Gasteiger partial charge is 0.273 e. The van der Waals surface area contributed by atoms with E-state index in [1.54, 1.807) is 36.0 Å². The van der Waals surface area contributed by atoms with Gasteiger partial charge in [-0.25, -0.2) is 0 Å². The molecule has 0 radical (unpaired) electrons. The van der Waals surface area contributed by atoms with Crippen molar-refractivity contribution in [1.29, 1.82) is 0 Å². The number of carbonyl (C=O) groups is 2. The van der Waals surface area contributed by atoms with E-state index in [9.17, 15) is 9.59 Å². The molecule has 116 valence electrons. The zero-order chi connectivity index (χ0) is 16.3. The summed E-state index contributed by atoms with van der Waals surface area (Å²) in [5.74, 6) is -0.362. The van der Waals surface area contributed by atoms with Gasteiger partial charge in [-0.3, -0.25) is 14.3 Å². The van der Waals surface area contributed by atoms with Crippen LogP contribution in [0.2, 0.25) is 0 Å². The zero-order valence-corrected chi connectivity index (χ0v) is 13.2. The molecule has 0 atom stereocenters. The molecule has 0 unspecified atom stereocenters. The molecular formula is C16H20N4O2. The minimum absolute atomic E-state index is 0.152. The Morgan fingerprint density at radius 3 is 2.50 bits per heavy atom. The fraction of sp³-hybridized carbons (Fsp3) is 0.312. The van der Waals surface area contributed by atoms with Gasteiger partial charge in [0, 0.05) is 24.8 Å². The van der Waals surface area contributed by atoms with Gasteiger partial charge < -0.3 is 10.6 Å². The molecule has 0 aliphatic rings. The molecule has 0 spiro atoms. The van der Waals surface area contributed by atoms with Crippen molar-refractivity contribution in [3.63, 3.8) is 0 Å². The largest absolute Gasteiger partial charge is 0.355 e. The van der Waals surface area contributed by atoms with Crippen LogP contribution in [0, 0.1) is 13.8 Å². The Kier molecular flexibility index (Phi) is 4.60. The first-order valence-corrected chi connectivity index (χ1v) is 7.14. The van der Waals surface area contributed by atoms with E-state index in [-0.39, 0.29) is 11.8 Å². The van der Waals surface area contributed by atoms with Crippen LogP contribution in [0.4, 0.5) is 5.69 Å². The molecule has 2 amide bonds. The molecule has 1 aromatic heterocycles. The summed E-state index contributed by atoms with van der Waals surface area (Å²) in [6.45, 7) is 6.27. The summed E-state index contributed by atoms with van der Waals surface area (Å²) < 4.78 is 1.67.